The van der Waals surface area contributed by atoms with Gasteiger partial charge < -0.3 is 9.84 Å². The first kappa shape index (κ1) is 11.1. The second-order valence-electron chi connectivity index (χ2n) is 3.73. The van der Waals surface area contributed by atoms with E-state index in [1.165, 1.54) is 0 Å². The van der Waals surface area contributed by atoms with Gasteiger partial charge in [0.25, 0.3) is 0 Å². The number of carboxylic acids is 1. The van der Waals surface area contributed by atoms with Crippen LogP contribution in [0.2, 0.25) is 0 Å². The van der Waals surface area contributed by atoms with Crippen molar-refractivity contribution in [1.29, 1.82) is 0 Å². The predicted octanol–water partition coefficient (Wildman–Crippen LogP) is -0.331. The van der Waals surface area contributed by atoms with Gasteiger partial charge in [-0.3, -0.25) is 14.4 Å². The standard InChI is InChI=1S/C10H15N3O3/c14-10(15)9-8-16-7-6-12(9)4-5-13-3-1-2-11-13/h1-3,9H,4-8H2,(H,14,15). The fraction of sp³-hybridized carbons (Fsp3) is 0.600. The first-order valence-corrected chi connectivity index (χ1v) is 5.29. The van der Waals surface area contributed by atoms with Crippen molar-refractivity contribution in [3.63, 3.8) is 0 Å². The van der Waals surface area contributed by atoms with Gasteiger partial charge in [0.05, 0.1) is 19.8 Å². The van der Waals surface area contributed by atoms with E-state index in [9.17, 15) is 4.79 Å². The Labute approximate surface area is 93.4 Å². The summed E-state index contributed by atoms with van der Waals surface area (Å²) >= 11 is 0. The van der Waals surface area contributed by atoms with Gasteiger partial charge in [0.15, 0.2) is 0 Å². The number of morpholine rings is 1. The Morgan fingerprint density at radius 3 is 3.12 bits per heavy atom. The summed E-state index contributed by atoms with van der Waals surface area (Å²) in [6.07, 6.45) is 3.59. The number of carboxylic acid groups (broad SMARTS) is 1. The summed E-state index contributed by atoms with van der Waals surface area (Å²) in [5.41, 5.74) is 0. The molecule has 6 nitrogen and oxygen atoms in total. The lowest BCUT2D eigenvalue weighted by atomic mass is 10.2. The van der Waals surface area contributed by atoms with E-state index in [-0.39, 0.29) is 6.61 Å². The Morgan fingerprint density at radius 1 is 1.56 bits per heavy atom. The van der Waals surface area contributed by atoms with Crippen LogP contribution in [0.1, 0.15) is 0 Å². The summed E-state index contributed by atoms with van der Waals surface area (Å²) in [5, 5.41) is 13.1. The molecule has 0 bridgehead atoms. The molecule has 0 aromatic carbocycles. The van der Waals surface area contributed by atoms with Gasteiger partial charge >= 0.3 is 5.97 Å². The highest BCUT2D eigenvalue weighted by Crippen LogP contribution is 2.07. The van der Waals surface area contributed by atoms with Crippen LogP contribution in [0.15, 0.2) is 18.5 Å². The molecule has 1 atom stereocenters. The average Bonchev–Trinajstić information content (AvgIpc) is 2.79. The molecule has 0 spiro atoms. The molecule has 6 heteroatoms. The molecule has 0 saturated carbocycles. The monoisotopic (exact) mass is 225 g/mol. The molecule has 1 aliphatic heterocycles. The minimum absolute atomic E-state index is 0.272. The van der Waals surface area contributed by atoms with Gasteiger partial charge in [-0.05, 0) is 6.07 Å². The molecular weight excluding hydrogens is 210 g/mol. The van der Waals surface area contributed by atoms with E-state index in [2.05, 4.69) is 5.10 Å². The summed E-state index contributed by atoms with van der Waals surface area (Å²) in [6, 6.07) is 1.33. The number of aromatic nitrogens is 2. The second-order valence-corrected chi connectivity index (χ2v) is 3.73. The summed E-state index contributed by atoms with van der Waals surface area (Å²) in [4.78, 5) is 12.9. The third-order valence-electron chi connectivity index (χ3n) is 2.70. The Balaban J connectivity index is 1.89. The molecular formula is C10H15N3O3. The number of aliphatic carboxylic acids is 1. The molecule has 1 saturated heterocycles. The van der Waals surface area contributed by atoms with E-state index in [0.29, 0.717) is 26.2 Å². The molecule has 0 aliphatic carbocycles. The van der Waals surface area contributed by atoms with E-state index in [0.717, 1.165) is 0 Å². The third kappa shape index (κ3) is 2.59. The zero-order chi connectivity index (χ0) is 11.4. The van der Waals surface area contributed by atoms with E-state index in [1.54, 1.807) is 10.9 Å². The van der Waals surface area contributed by atoms with Crippen LogP contribution < -0.4 is 0 Å². The number of hydrogen-bond acceptors (Lipinski definition) is 4. The largest absolute Gasteiger partial charge is 0.480 e. The van der Waals surface area contributed by atoms with Crippen molar-refractivity contribution < 1.29 is 14.6 Å². The van der Waals surface area contributed by atoms with Crippen LogP contribution in [0.25, 0.3) is 0 Å². The smallest absolute Gasteiger partial charge is 0.323 e. The SMILES string of the molecule is O=C(O)C1COCCN1CCn1cccn1. The fourth-order valence-corrected chi connectivity index (χ4v) is 1.80. The normalized spacial score (nSPS) is 22.1. The molecule has 16 heavy (non-hydrogen) atoms. The van der Waals surface area contributed by atoms with Crippen molar-refractivity contribution in [3.8, 4) is 0 Å². The third-order valence-corrected chi connectivity index (χ3v) is 2.70. The Morgan fingerprint density at radius 2 is 2.44 bits per heavy atom. The minimum Gasteiger partial charge on any atom is -0.480 e. The lowest BCUT2D eigenvalue weighted by molar-refractivity contribution is -0.149. The molecule has 1 aromatic heterocycles. The zero-order valence-electron chi connectivity index (χ0n) is 8.95. The molecule has 1 fully saturated rings. The highest BCUT2D eigenvalue weighted by molar-refractivity contribution is 5.73. The van der Waals surface area contributed by atoms with Gasteiger partial charge in [-0.1, -0.05) is 0 Å². The average molecular weight is 225 g/mol. The summed E-state index contributed by atoms with van der Waals surface area (Å²) < 4.78 is 6.97. The fourth-order valence-electron chi connectivity index (χ4n) is 1.80. The number of carbonyl (C=O) groups is 1. The Bertz CT molecular complexity index is 339. The first-order chi connectivity index (χ1) is 7.77. The molecule has 1 aromatic rings. The topological polar surface area (TPSA) is 67.6 Å². The number of hydrogen-bond donors (Lipinski definition) is 1. The van der Waals surface area contributed by atoms with Gasteiger partial charge in [0, 0.05) is 25.5 Å². The van der Waals surface area contributed by atoms with Crippen LogP contribution in [0, 0.1) is 0 Å². The number of ether oxygens (including phenoxy) is 1. The number of nitrogens with zero attached hydrogens (tertiary/aromatic N) is 3. The predicted molar refractivity (Wildman–Crippen MR) is 56.0 cm³/mol. The highest BCUT2D eigenvalue weighted by Gasteiger charge is 2.28. The molecule has 2 heterocycles. The van der Waals surface area contributed by atoms with Crippen LogP contribution in [0.5, 0.6) is 0 Å². The molecule has 1 unspecified atom stereocenters. The zero-order valence-corrected chi connectivity index (χ0v) is 8.95. The first-order valence-electron chi connectivity index (χ1n) is 5.29. The maximum absolute atomic E-state index is 11.0. The molecule has 0 amide bonds. The van der Waals surface area contributed by atoms with E-state index in [4.69, 9.17) is 9.84 Å². The van der Waals surface area contributed by atoms with Crippen molar-refractivity contribution in [3.05, 3.63) is 18.5 Å². The molecule has 88 valence electrons. The van der Waals surface area contributed by atoms with Crippen molar-refractivity contribution in [2.45, 2.75) is 12.6 Å². The van der Waals surface area contributed by atoms with E-state index < -0.39 is 12.0 Å². The quantitative estimate of drug-likeness (QED) is 0.760. The lowest BCUT2D eigenvalue weighted by Crippen LogP contribution is -2.50. The summed E-state index contributed by atoms with van der Waals surface area (Å²) in [6.45, 7) is 2.92. The van der Waals surface area contributed by atoms with Crippen LogP contribution in [0.4, 0.5) is 0 Å². The van der Waals surface area contributed by atoms with Crippen molar-refractivity contribution in [1.82, 2.24) is 14.7 Å². The molecule has 1 N–H and O–H groups in total. The van der Waals surface area contributed by atoms with Crippen LogP contribution >= 0.6 is 0 Å². The summed E-state index contributed by atoms with van der Waals surface area (Å²) in [7, 11) is 0. The van der Waals surface area contributed by atoms with Crippen LogP contribution in [-0.2, 0) is 16.1 Å². The van der Waals surface area contributed by atoms with Gasteiger partial charge in [0.1, 0.15) is 6.04 Å². The van der Waals surface area contributed by atoms with Crippen molar-refractivity contribution >= 4 is 5.97 Å². The van der Waals surface area contributed by atoms with E-state index >= 15 is 0 Å². The maximum atomic E-state index is 11.0. The lowest BCUT2D eigenvalue weighted by Gasteiger charge is -2.32. The number of rotatable bonds is 4. The Kier molecular flexibility index (Phi) is 3.53. The van der Waals surface area contributed by atoms with Crippen LogP contribution in [-0.4, -0.2) is 58.1 Å². The van der Waals surface area contributed by atoms with Gasteiger partial charge in [-0.15, -0.1) is 0 Å². The van der Waals surface area contributed by atoms with Gasteiger partial charge in [-0.2, -0.15) is 5.10 Å². The van der Waals surface area contributed by atoms with Gasteiger partial charge in [-0.25, -0.2) is 0 Å². The summed E-state index contributed by atoms with van der Waals surface area (Å²) in [5.74, 6) is -0.819. The second kappa shape index (κ2) is 5.09. The highest BCUT2D eigenvalue weighted by atomic mass is 16.5. The molecule has 0 radical (unpaired) electrons. The van der Waals surface area contributed by atoms with Crippen molar-refractivity contribution in [2.24, 2.45) is 0 Å². The Hall–Kier alpha value is -1.40. The van der Waals surface area contributed by atoms with Crippen LogP contribution in [0.3, 0.4) is 0 Å². The minimum atomic E-state index is -0.819. The molecule has 1 aliphatic rings. The maximum Gasteiger partial charge on any atom is 0.323 e. The molecule has 2 rings (SSSR count). The van der Waals surface area contributed by atoms with Gasteiger partial charge in [0.2, 0.25) is 0 Å². The van der Waals surface area contributed by atoms with E-state index in [1.807, 2.05) is 17.2 Å². The van der Waals surface area contributed by atoms with Crippen molar-refractivity contribution in [2.75, 3.05) is 26.3 Å².